The molecule has 2 aromatic rings. The molecule has 0 aliphatic carbocycles. The number of hydrogen-bond donors (Lipinski definition) is 0. The molecular formula is C12H16N4O2S. The van der Waals surface area contributed by atoms with Gasteiger partial charge in [-0.25, -0.2) is 9.61 Å². The number of nitrogens with zero attached hydrogens (tertiary/aromatic N) is 4. The van der Waals surface area contributed by atoms with Gasteiger partial charge in [0.2, 0.25) is 5.91 Å². The average molecular weight is 280 g/mol. The zero-order valence-corrected chi connectivity index (χ0v) is 12.0. The van der Waals surface area contributed by atoms with Crippen LogP contribution in [-0.2, 0) is 17.6 Å². The van der Waals surface area contributed by atoms with Crippen LogP contribution in [0.4, 0.5) is 0 Å². The molecule has 0 saturated heterocycles. The van der Waals surface area contributed by atoms with E-state index in [0.29, 0.717) is 17.9 Å². The quantitative estimate of drug-likeness (QED) is 0.827. The monoisotopic (exact) mass is 280 g/mol. The van der Waals surface area contributed by atoms with Crippen LogP contribution >= 0.6 is 11.3 Å². The van der Waals surface area contributed by atoms with Crippen molar-refractivity contribution >= 4 is 17.2 Å². The van der Waals surface area contributed by atoms with Crippen molar-refractivity contribution in [3.8, 4) is 0 Å². The lowest BCUT2D eigenvalue weighted by Gasteiger charge is -2.16. The summed E-state index contributed by atoms with van der Waals surface area (Å²) < 4.78 is 4.58. The molecule has 0 fully saturated rings. The molecule has 0 saturated carbocycles. The minimum absolute atomic E-state index is 0.0148. The summed E-state index contributed by atoms with van der Waals surface area (Å²) >= 11 is 1.62. The van der Waals surface area contributed by atoms with E-state index in [1.807, 2.05) is 12.4 Å². The molecule has 0 bridgehead atoms. The van der Waals surface area contributed by atoms with Crippen LogP contribution in [0.15, 0.2) is 10.1 Å². The molecule has 1 amide bonds. The first-order valence-corrected chi connectivity index (χ1v) is 6.87. The maximum atomic E-state index is 12.0. The molecule has 0 aliphatic heterocycles. The van der Waals surface area contributed by atoms with Gasteiger partial charge in [-0.05, 0) is 13.8 Å². The molecular weight excluding hydrogens is 264 g/mol. The van der Waals surface area contributed by atoms with Crippen LogP contribution in [0.2, 0.25) is 0 Å². The zero-order chi connectivity index (χ0) is 13.8. The van der Waals surface area contributed by atoms with Gasteiger partial charge in [-0.1, -0.05) is 10.3 Å². The Morgan fingerprint density at radius 2 is 2.16 bits per heavy atom. The highest BCUT2D eigenvalue weighted by Crippen LogP contribution is 2.13. The SMILES string of the molecule is Cc1nonc1CC(=O)N(C)CCc1scnc1C. The summed E-state index contributed by atoms with van der Waals surface area (Å²) in [6, 6.07) is 0. The fourth-order valence-electron chi connectivity index (χ4n) is 1.65. The summed E-state index contributed by atoms with van der Waals surface area (Å²) in [5.41, 5.74) is 4.14. The van der Waals surface area contributed by atoms with Crippen LogP contribution in [0.1, 0.15) is 22.0 Å². The van der Waals surface area contributed by atoms with Crippen LogP contribution in [0, 0.1) is 13.8 Å². The summed E-state index contributed by atoms with van der Waals surface area (Å²) in [5, 5.41) is 7.38. The van der Waals surface area contributed by atoms with E-state index in [-0.39, 0.29) is 12.3 Å². The van der Waals surface area contributed by atoms with Gasteiger partial charge in [0.1, 0.15) is 11.4 Å². The van der Waals surface area contributed by atoms with Crippen molar-refractivity contribution in [1.82, 2.24) is 20.2 Å². The first-order chi connectivity index (χ1) is 9.08. The highest BCUT2D eigenvalue weighted by Gasteiger charge is 2.15. The number of aryl methyl sites for hydroxylation is 2. The minimum atomic E-state index is 0.0148. The predicted octanol–water partition coefficient (Wildman–Crippen LogP) is 1.39. The van der Waals surface area contributed by atoms with Crippen LogP contribution in [0.25, 0.3) is 0 Å². The van der Waals surface area contributed by atoms with Crippen molar-refractivity contribution in [2.45, 2.75) is 26.7 Å². The number of rotatable bonds is 5. The Morgan fingerprint density at radius 1 is 1.37 bits per heavy atom. The Hall–Kier alpha value is -1.76. The molecule has 0 N–H and O–H groups in total. The largest absolute Gasteiger partial charge is 0.345 e. The van der Waals surface area contributed by atoms with Crippen LogP contribution in [0.3, 0.4) is 0 Å². The van der Waals surface area contributed by atoms with E-state index in [2.05, 4.69) is 19.9 Å². The lowest BCUT2D eigenvalue weighted by Crippen LogP contribution is -2.30. The van der Waals surface area contributed by atoms with Gasteiger partial charge >= 0.3 is 0 Å². The third-order valence-corrected chi connectivity index (χ3v) is 4.00. The normalized spacial score (nSPS) is 10.7. The summed E-state index contributed by atoms with van der Waals surface area (Å²) in [6.07, 6.45) is 1.06. The zero-order valence-electron chi connectivity index (χ0n) is 11.2. The van der Waals surface area contributed by atoms with Gasteiger partial charge in [-0.2, -0.15) is 0 Å². The van der Waals surface area contributed by atoms with Gasteiger partial charge in [0.25, 0.3) is 0 Å². The Bertz CT molecular complexity index is 564. The molecule has 0 unspecified atom stereocenters. The Labute approximate surface area is 115 Å². The molecule has 2 heterocycles. The van der Waals surface area contributed by atoms with Crippen molar-refractivity contribution in [3.63, 3.8) is 0 Å². The number of hydrogen-bond acceptors (Lipinski definition) is 6. The van der Waals surface area contributed by atoms with E-state index in [1.165, 1.54) is 4.88 Å². The van der Waals surface area contributed by atoms with E-state index >= 15 is 0 Å². The van der Waals surface area contributed by atoms with Gasteiger partial charge in [-0.15, -0.1) is 11.3 Å². The molecule has 0 radical (unpaired) electrons. The molecule has 102 valence electrons. The molecule has 0 aliphatic rings. The first-order valence-electron chi connectivity index (χ1n) is 5.99. The van der Waals surface area contributed by atoms with Gasteiger partial charge in [-0.3, -0.25) is 4.79 Å². The lowest BCUT2D eigenvalue weighted by molar-refractivity contribution is -0.129. The average Bonchev–Trinajstić information content (AvgIpc) is 2.96. The van der Waals surface area contributed by atoms with Crippen molar-refractivity contribution in [3.05, 3.63) is 27.5 Å². The van der Waals surface area contributed by atoms with Gasteiger partial charge in [0.15, 0.2) is 0 Å². The molecule has 0 spiro atoms. The number of thiazole rings is 1. The van der Waals surface area contributed by atoms with Crippen LogP contribution < -0.4 is 0 Å². The van der Waals surface area contributed by atoms with Gasteiger partial charge in [0.05, 0.1) is 17.6 Å². The summed E-state index contributed by atoms with van der Waals surface area (Å²) in [5.74, 6) is 0.0148. The van der Waals surface area contributed by atoms with E-state index in [9.17, 15) is 4.79 Å². The van der Waals surface area contributed by atoms with Crippen LogP contribution in [0.5, 0.6) is 0 Å². The van der Waals surface area contributed by atoms with E-state index in [4.69, 9.17) is 0 Å². The summed E-state index contributed by atoms with van der Waals surface area (Å²) in [4.78, 5) is 19.1. The smallest absolute Gasteiger partial charge is 0.228 e. The van der Waals surface area contributed by atoms with E-state index in [0.717, 1.165) is 12.1 Å². The number of likely N-dealkylation sites (N-methyl/N-ethyl adjacent to an activating group) is 1. The first kappa shape index (κ1) is 13.7. The second-order valence-electron chi connectivity index (χ2n) is 4.40. The minimum Gasteiger partial charge on any atom is -0.345 e. The second kappa shape index (κ2) is 5.92. The van der Waals surface area contributed by atoms with Crippen molar-refractivity contribution in [2.24, 2.45) is 0 Å². The van der Waals surface area contributed by atoms with E-state index in [1.54, 1.807) is 30.2 Å². The van der Waals surface area contributed by atoms with Crippen molar-refractivity contribution in [2.75, 3.05) is 13.6 Å². The lowest BCUT2D eigenvalue weighted by atomic mass is 10.2. The second-order valence-corrected chi connectivity index (χ2v) is 5.34. The number of aromatic nitrogens is 3. The molecule has 2 rings (SSSR count). The topological polar surface area (TPSA) is 72.1 Å². The maximum absolute atomic E-state index is 12.0. The van der Waals surface area contributed by atoms with Crippen molar-refractivity contribution in [1.29, 1.82) is 0 Å². The van der Waals surface area contributed by atoms with Gasteiger partial charge in [0, 0.05) is 24.9 Å². The summed E-state index contributed by atoms with van der Waals surface area (Å²) in [6.45, 7) is 4.43. The molecule has 19 heavy (non-hydrogen) atoms. The third kappa shape index (κ3) is 3.37. The predicted molar refractivity (Wildman–Crippen MR) is 70.9 cm³/mol. The highest BCUT2D eigenvalue weighted by atomic mass is 32.1. The fourth-order valence-corrected chi connectivity index (χ4v) is 2.42. The van der Waals surface area contributed by atoms with Crippen LogP contribution in [-0.4, -0.2) is 39.7 Å². The molecule has 0 atom stereocenters. The fraction of sp³-hybridized carbons (Fsp3) is 0.500. The summed E-state index contributed by atoms with van der Waals surface area (Å²) in [7, 11) is 1.79. The molecule has 6 nitrogen and oxygen atoms in total. The van der Waals surface area contributed by atoms with Gasteiger partial charge < -0.3 is 4.90 Å². The van der Waals surface area contributed by atoms with E-state index < -0.39 is 0 Å². The highest BCUT2D eigenvalue weighted by molar-refractivity contribution is 7.09. The molecule has 2 aromatic heterocycles. The number of carbonyl (C=O) groups excluding carboxylic acids is 1. The maximum Gasteiger partial charge on any atom is 0.228 e. The number of carbonyl (C=O) groups is 1. The Morgan fingerprint density at radius 3 is 2.74 bits per heavy atom. The Balaban J connectivity index is 1.86. The Kier molecular flexibility index (Phi) is 4.26. The third-order valence-electron chi connectivity index (χ3n) is 3.01. The molecule has 7 heteroatoms. The standard InChI is InChI=1S/C12H16N4O2S/c1-8-10(15-18-14-8)6-12(17)16(3)5-4-11-9(2)13-7-19-11/h7H,4-6H2,1-3H3. The molecule has 0 aromatic carbocycles. The van der Waals surface area contributed by atoms with Crippen molar-refractivity contribution < 1.29 is 9.42 Å². The number of amides is 1.